The minimum absolute atomic E-state index is 0.0201. The Morgan fingerprint density at radius 3 is 2.75 bits per heavy atom. The first-order chi connectivity index (χ1) is 11.4. The number of aliphatic hydroxyl groups is 1. The molecule has 0 unspecified atom stereocenters. The summed E-state index contributed by atoms with van der Waals surface area (Å²) in [5.74, 6) is 0.782. The van der Waals surface area contributed by atoms with Gasteiger partial charge in [-0.2, -0.15) is 0 Å². The number of hydrogen-bond acceptors (Lipinski definition) is 4. The maximum Gasteiger partial charge on any atom is 0.246 e. The third-order valence-corrected chi connectivity index (χ3v) is 5.32. The highest BCUT2D eigenvalue weighted by molar-refractivity contribution is 5.88. The number of carbonyl (C=O) groups excluding carboxylic acids is 1. The second-order valence-electron chi connectivity index (χ2n) is 7.70. The van der Waals surface area contributed by atoms with E-state index in [1.165, 1.54) is 18.4 Å². The van der Waals surface area contributed by atoms with Crippen molar-refractivity contribution in [2.75, 3.05) is 13.1 Å². The lowest BCUT2D eigenvalue weighted by Gasteiger charge is -2.22. The van der Waals surface area contributed by atoms with Gasteiger partial charge in [-0.25, -0.2) is 4.68 Å². The molecule has 3 rings (SSSR count). The number of rotatable bonds is 3. The Morgan fingerprint density at radius 2 is 2.12 bits per heavy atom. The molecule has 1 atom stereocenters. The van der Waals surface area contributed by atoms with Gasteiger partial charge < -0.3 is 10.0 Å². The zero-order valence-electron chi connectivity index (χ0n) is 14.9. The highest BCUT2D eigenvalue weighted by Crippen LogP contribution is 2.32. The lowest BCUT2D eigenvalue weighted by molar-refractivity contribution is -0.126. The van der Waals surface area contributed by atoms with Crippen LogP contribution in [0.2, 0.25) is 0 Å². The molecule has 1 saturated carbocycles. The van der Waals surface area contributed by atoms with Crippen molar-refractivity contribution in [3.63, 3.8) is 0 Å². The molecular formula is C18H28N4O2. The van der Waals surface area contributed by atoms with Crippen LogP contribution in [-0.2, 0) is 10.4 Å². The molecule has 2 heterocycles. The number of amides is 1. The second-order valence-corrected chi connectivity index (χ2v) is 7.70. The third-order valence-electron chi connectivity index (χ3n) is 5.32. The predicted molar refractivity (Wildman–Crippen MR) is 91.2 cm³/mol. The molecule has 1 aliphatic heterocycles. The van der Waals surface area contributed by atoms with E-state index >= 15 is 0 Å². The predicted octanol–water partition coefficient (Wildman–Crippen LogP) is 2.42. The van der Waals surface area contributed by atoms with Gasteiger partial charge in [0, 0.05) is 25.1 Å². The summed E-state index contributed by atoms with van der Waals surface area (Å²) >= 11 is 0. The molecule has 0 spiro atoms. The summed E-state index contributed by atoms with van der Waals surface area (Å²) in [6, 6.07) is 0.201. The lowest BCUT2D eigenvalue weighted by Crippen LogP contribution is -2.34. The number of allylic oxidation sites excluding steroid dienone is 1. The van der Waals surface area contributed by atoms with E-state index in [2.05, 4.69) is 17.2 Å². The van der Waals surface area contributed by atoms with Crippen LogP contribution in [0.5, 0.6) is 0 Å². The van der Waals surface area contributed by atoms with E-state index in [0.29, 0.717) is 25.2 Å². The Hall–Kier alpha value is -1.69. The Balaban J connectivity index is 1.65. The topological polar surface area (TPSA) is 71.2 Å². The molecule has 132 valence electrons. The van der Waals surface area contributed by atoms with Crippen molar-refractivity contribution in [2.24, 2.45) is 5.92 Å². The van der Waals surface area contributed by atoms with Gasteiger partial charge in [-0.3, -0.25) is 4.79 Å². The quantitative estimate of drug-likeness (QED) is 0.863. The van der Waals surface area contributed by atoms with Crippen molar-refractivity contribution in [3.8, 4) is 0 Å². The SMILES string of the molecule is CC1CCC(=CC(=O)N2CC[C@@](O)(c3cn(C(C)C)nn3)C2)CC1. The average molecular weight is 332 g/mol. The van der Waals surface area contributed by atoms with Crippen LogP contribution in [0.4, 0.5) is 0 Å². The number of β-amino-alcohol motifs (C(OH)–C–C–N with tert-alkyl or cyclic N) is 1. The molecule has 6 nitrogen and oxygen atoms in total. The van der Waals surface area contributed by atoms with Crippen molar-refractivity contribution in [3.05, 3.63) is 23.5 Å². The van der Waals surface area contributed by atoms with Crippen LogP contribution in [0.25, 0.3) is 0 Å². The first-order valence-electron chi connectivity index (χ1n) is 9.00. The normalized spacial score (nSPS) is 27.8. The maximum absolute atomic E-state index is 12.5. The van der Waals surface area contributed by atoms with Crippen LogP contribution in [-0.4, -0.2) is 44.0 Å². The highest BCUT2D eigenvalue weighted by Gasteiger charge is 2.41. The molecule has 1 N–H and O–H groups in total. The summed E-state index contributed by atoms with van der Waals surface area (Å²) in [5, 5.41) is 19.1. The Kier molecular flexibility index (Phi) is 4.76. The second kappa shape index (κ2) is 6.67. The summed E-state index contributed by atoms with van der Waals surface area (Å²) in [5.41, 5.74) is 0.729. The van der Waals surface area contributed by atoms with Gasteiger partial charge in [0.1, 0.15) is 11.3 Å². The van der Waals surface area contributed by atoms with Gasteiger partial charge in [-0.05, 0) is 45.4 Å². The van der Waals surface area contributed by atoms with Crippen LogP contribution in [0.3, 0.4) is 0 Å². The fraction of sp³-hybridized carbons (Fsp3) is 0.722. The summed E-state index contributed by atoms with van der Waals surface area (Å²) < 4.78 is 1.74. The van der Waals surface area contributed by atoms with Crippen LogP contribution < -0.4 is 0 Å². The van der Waals surface area contributed by atoms with E-state index in [4.69, 9.17) is 0 Å². The Bertz CT molecular complexity index is 627. The van der Waals surface area contributed by atoms with E-state index in [9.17, 15) is 9.90 Å². The lowest BCUT2D eigenvalue weighted by atomic mass is 9.87. The molecule has 0 bridgehead atoms. The summed E-state index contributed by atoms with van der Waals surface area (Å²) in [6.07, 6.45) is 8.47. The minimum atomic E-state index is -1.08. The molecule has 1 aromatic rings. The standard InChI is InChI=1S/C18H28N4O2/c1-13(2)22-11-16(19-20-22)18(24)8-9-21(12-18)17(23)10-15-6-4-14(3)5-7-15/h10-11,13-14,24H,4-9,12H2,1-3H3/t14?,18-/m0/s1. The van der Waals surface area contributed by atoms with Gasteiger partial charge in [0.25, 0.3) is 0 Å². The van der Waals surface area contributed by atoms with Gasteiger partial charge in [0.2, 0.25) is 5.91 Å². The van der Waals surface area contributed by atoms with Gasteiger partial charge in [0.05, 0.1) is 12.7 Å². The molecule has 2 fully saturated rings. The molecule has 24 heavy (non-hydrogen) atoms. The van der Waals surface area contributed by atoms with Crippen LogP contribution in [0.15, 0.2) is 17.8 Å². The average Bonchev–Trinajstić information content (AvgIpc) is 3.17. The van der Waals surface area contributed by atoms with Gasteiger partial charge in [-0.15, -0.1) is 5.10 Å². The first kappa shape index (κ1) is 17.1. The molecule has 1 saturated heterocycles. The summed E-state index contributed by atoms with van der Waals surface area (Å²) in [7, 11) is 0. The summed E-state index contributed by atoms with van der Waals surface area (Å²) in [6.45, 7) is 7.16. The number of likely N-dealkylation sites (tertiary alicyclic amines) is 1. The van der Waals surface area contributed by atoms with E-state index in [1.54, 1.807) is 21.9 Å². The van der Waals surface area contributed by atoms with E-state index < -0.39 is 5.60 Å². The minimum Gasteiger partial charge on any atom is -0.381 e. The fourth-order valence-corrected chi connectivity index (χ4v) is 3.48. The van der Waals surface area contributed by atoms with Crippen molar-refractivity contribution < 1.29 is 9.90 Å². The van der Waals surface area contributed by atoms with Crippen molar-refractivity contribution >= 4 is 5.91 Å². The van der Waals surface area contributed by atoms with Crippen molar-refractivity contribution in [1.29, 1.82) is 0 Å². The molecule has 2 aliphatic rings. The smallest absolute Gasteiger partial charge is 0.246 e. The monoisotopic (exact) mass is 332 g/mol. The van der Waals surface area contributed by atoms with Crippen LogP contribution >= 0.6 is 0 Å². The summed E-state index contributed by atoms with van der Waals surface area (Å²) in [4.78, 5) is 14.3. The zero-order valence-corrected chi connectivity index (χ0v) is 14.9. The largest absolute Gasteiger partial charge is 0.381 e. The van der Waals surface area contributed by atoms with E-state index in [-0.39, 0.29) is 11.9 Å². The van der Waals surface area contributed by atoms with Crippen LogP contribution in [0, 0.1) is 5.92 Å². The van der Waals surface area contributed by atoms with Gasteiger partial charge in [0.15, 0.2) is 0 Å². The molecule has 0 radical (unpaired) electrons. The van der Waals surface area contributed by atoms with Gasteiger partial charge >= 0.3 is 0 Å². The Labute approximate surface area is 143 Å². The highest BCUT2D eigenvalue weighted by atomic mass is 16.3. The van der Waals surface area contributed by atoms with Crippen molar-refractivity contribution in [1.82, 2.24) is 19.9 Å². The Morgan fingerprint density at radius 1 is 1.42 bits per heavy atom. The fourth-order valence-electron chi connectivity index (χ4n) is 3.48. The van der Waals surface area contributed by atoms with Crippen molar-refractivity contribution in [2.45, 2.75) is 64.5 Å². The van der Waals surface area contributed by atoms with E-state index in [0.717, 1.165) is 18.8 Å². The molecule has 1 amide bonds. The molecule has 0 aromatic carbocycles. The van der Waals surface area contributed by atoms with Gasteiger partial charge in [-0.1, -0.05) is 17.7 Å². The molecular weight excluding hydrogens is 304 g/mol. The molecule has 6 heteroatoms. The number of carbonyl (C=O) groups is 1. The molecule has 1 aliphatic carbocycles. The maximum atomic E-state index is 12.5. The number of nitrogens with zero attached hydrogens (tertiary/aromatic N) is 4. The molecule has 1 aromatic heterocycles. The zero-order chi connectivity index (χ0) is 17.3. The number of hydrogen-bond donors (Lipinski definition) is 1. The first-order valence-corrected chi connectivity index (χ1v) is 9.00. The van der Waals surface area contributed by atoms with E-state index in [1.807, 2.05) is 13.8 Å². The third kappa shape index (κ3) is 3.53. The number of aromatic nitrogens is 3. The van der Waals surface area contributed by atoms with Crippen LogP contribution in [0.1, 0.15) is 64.6 Å².